The summed E-state index contributed by atoms with van der Waals surface area (Å²) in [6, 6.07) is 5.71. The highest BCUT2D eigenvalue weighted by Gasteiger charge is 2.23. The molecule has 0 atom stereocenters. The van der Waals surface area contributed by atoms with E-state index in [-0.39, 0.29) is 28.9 Å². The number of halogens is 1. The molecule has 1 aromatic rings. The number of nitrogens with one attached hydrogen (secondary N) is 1. The van der Waals surface area contributed by atoms with Gasteiger partial charge in [-0.25, -0.2) is 4.39 Å². The van der Waals surface area contributed by atoms with Crippen LogP contribution in [0.3, 0.4) is 0 Å². The van der Waals surface area contributed by atoms with Crippen LogP contribution in [0.15, 0.2) is 24.3 Å². The zero-order valence-corrected chi connectivity index (χ0v) is 15.9. The predicted molar refractivity (Wildman–Crippen MR) is 100 cm³/mol. The molecule has 1 saturated heterocycles. The quantitative estimate of drug-likeness (QED) is 0.869. The molecular weight excluding hydrogens is 341 g/mol. The molecule has 1 aliphatic heterocycles. The zero-order valence-electron chi connectivity index (χ0n) is 15.0. The lowest BCUT2D eigenvalue weighted by molar-refractivity contribution is -0.130. The fourth-order valence-electron chi connectivity index (χ4n) is 2.46. The predicted octanol–water partition coefficient (Wildman–Crippen LogP) is 2.44. The summed E-state index contributed by atoms with van der Waals surface area (Å²) in [5, 5.41) is 2.76. The maximum absolute atomic E-state index is 12.9. The van der Waals surface area contributed by atoms with E-state index in [0.29, 0.717) is 37.6 Å². The molecule has 0 bridgehead atoms. The number of rotatable bonds is 5. The van der Waals surface area contributed by atoms with Crippen LogP contribution in [-0.2, 0) is 9.59 Å². The number of carbonyl (C=O) groups is 2. The van der Waals surface area contributed by atoms with Crippen molar-refractivity contribution in [3.63, 3.8) is 0 Å². The van der Waals surface area contributed by atoms with Crippen LogP contribution in [0, 0.1) is 5.82 Å². The van der Waals surface area contributed by atoms with Crippen molar-refractivity contribution in [1.82, 2.24) is 9.80 Å². The van der Waals surface area contributed by atoms with Crippen molar-refractivity contribution in [2.45, 2.75) is 25.5 Å². The Morgan fingerprint density at radius 3 is 2.28 bits per heavy atom. The van der Waals surface area contributed by atoms with Gasteiger partial charge in [-0.1, -0.05) is 20.8 Å². The third kappa shape index (κ3) is 7.04. The second-order valence-electron chi connectivity index (χ2n) is 7.11. The van der Waals surface area contributed by atoms with E-state index in [9.17, 15) is 14.0 Å². The van der Waals surface area contributed by atoms with Gasteiger partial charge in [0.25, 0.3) is 0 Å². The van der Waals surface area contributed by atoms with E-state index in [0.717, 1.165) is 0 Å². The number of hydrogen-bond acceptors (Lipinski definition) is 4. The van der Waals surface area contributed by atoms with Gasteiger partial charge in [0.1, 0.15) is 5.82 Å². The molecule has 0 saturated carbocycles. The Balaban J connectivity index is 1.71. The molecule has 2 rings (SSSR count). The highest BCUT2D eigenvalue weighted by molar-refractivity contribution is 8.01. The van der Waals surface area contributed by atoms with Crippen LogP contribution >= 0.6 is 11.8 Å². The molecule has 1 heterocycles. The van der Waals surface area contributed by atoms with Gasteiger partial charge < -0.3 is 10.2 Å². The highest BCUT2D eigenvalue weighted by Crippen LogP contribution is 2.23. The molecule has 2 amide bonds. The van der Waals surface area contributed by atoms with E-state index in [1.165, 1.54) is 24.3 Å². The second kappa shape index (κ2) is 8.67. The maximum Gasteiger partial charge on any atom is 0.238 e. The van der Waals surface area contributed by atoms with Crippen molar-refractivity contribution in [2.24, 2.45) is 0 Å². The normalized spacial score (nSPS) is 15.9. The van der Waals surface area contributed by atoms with Crippen molar-refractivity contribution < 1.29 is 14.0 Å². The lowest BCUT2D eigenvalue weighted by atomic mass is 10.3. The molecule has 0 radical (unpaired) electrons. The molecule has 0 aromatic heterocycles. The van der Waals surface area contributed by atoms with Crippen molar-refractivity contribution in [3.05, 3.63) is 30.1 Å². The van der Waals surface area contributed by atoms with Crippen molar-refractivity contribution in [3.8, 4) is 0 Å². The Morgan fingerprint density at radius 2 is 1.72 bits per heavy atom. The molecule has 25 heavy (non-hydrogen) atoms. The smallest absolute Gasteiger partial charge is 0.238 e. The van der Waals surface area contributed by atoms with Crippen LogP contribution in [0.25, 0.3) is 0 Å². The van der Waals surface area contributed by atoms with E-state index in [4.69, 9.17) is 0 Å². The monoisotopic (exact) mass is 367 g/mol. The summed E-state index contributed by atoms with van der Waals surface area (Å²) in [4.78, 5) is 28.2. The average Bonchev–Trinajstić information content (AvgIpc) is 2.55. The Morgan fingerprint density at radius 1 is 1.12 bits per heavy atom. The minimum atomic E-state index is -0.330. The summed E-state index contributed by atoms with van der Waals surface area (Å²) in [5.41, 5.74) is 0.583. The molecular formula is C18H26FN3O2S. The molecule has 138 valence electrons. The average molecular weight is 367 g/mol. The summed E-state index contributed by atoms with van der Waals surface area (Å²) in [7, 11) is 0. The minimum absolute atomic E-state index is 0.0793. The summed E-state index contributed by atoms with van der Waals surface area (Å²) < 4.78 is 12.9. The van der Waals surface area contributed by atoms with E-state index in [1.54, 1.807) is 11.8 Å². The Kier molecular flexibility index (Phi) is 6.84. The largest absolute Gasteiger partial charge is 0.339 e. The Labute approximate surface area is 152 Å². The molecule has 0 aliphatic carbocycles. The van der Waals surface area contributed by atoms with Gasteiger partial charge in [0.15, 0.2) is 0 Å². The second-order valence-corrected chi connectivity index (χ2v) is 8.92. The fourth-order valence-corrected chi connectivity index (χ4v) is 3.20. The van der Waals surface area contributed by atoms with E-state index in [2.05, 4.69) is 26.1 Å². The summed E-state index contributed by atoms with van der Waals surface area (Å²) in [6.45, 7) is 9.23. The number of carbonyl (C=O) groups excluding carboxylic acids is 2. The van der Waals surface area contributed by atoms with Gasteiger partial charge >= 0.3 is 0 Å². The molecule has 1 aromatic carbocycles. The SMILES string of the molecule is CC(C)(C)SCC(=O)N1CCN(CC(=O)Nc2ccc(F)cc2)CC1. The summed E-state index contributed by atoms with van der Waals surface area (Å²) in [6.07, 6.45) is 0. The third-order valence-electron chi connectivity index (χ3n) is 3.85. The van der Waals surface area contributed by atoms with Gasteiger partial charge in [0.2, 0.25) is 11.8 Å². The van der Waals surface area contributed by atoms with Crippen molar-refractivity contribution in [2.75, 3.05) is 43.8 Å². The van der Waals surface area contributed by atoms with Gasteiger partial charge in [-0.3, -0.25) is 14.5 Å². The highest BCUT2D eigenvalue weighted by atomic mass is 32.2. The van der Waals surface area contributed by atoms with Crippen LogP contribution in [0.4, 0.5) is 10.1 Å². The first-order valence-corrected chi connectivity index (χ1v) is 9.41. The van der Waals surface area contributed by atoms with E-state index < -0.39 is 0 Å². The third-order valence-corrected chi connectivity index (χ3v) is 5.11. The van der Waals surface area contributed by atoms with Gasteiger partial charge in [0, 0.05) is 36.6 Å². The van der Waals surface area contributed by atoms with Crippen LogP contribution in [0.5, 0.6) is 0 Å². The fraction of sp³-hybridized carbons (Fsp3) is 0.556. The zero-order chi connectivity index (χ0) is 18.4. The number of thioether (sulfide) groups is 1. The number of anilines is 1. The molecule has 0 spiro atoms. The number of piperazine rings is 1. The van der Waals surface area contributed by atoms with Crippen LogP contribution in [0.1, 0.15) is 20.8 Å². The van der Waals surface area contributed by atoms with Crippen molar-refractivity contribution >= 4 is 29.3 Å². The summed E-state index contributed by atoms with van der Waals surface area (Å²) in [5.74, 6) is 0.197. The molecule has 1 fully saturated rings. The Bertz CT molecular complexity index is 593. The molecule has 0 unspecified atom stereocenters. The van der Waals surface area contributed by atoms with Crippen LogP contribution in [0.2, 0.25) is 0 Å². The number of nitrogens with zero attached hydrogens (tertiary/aromatic N) is 2. The first kappa shape index (κ1) is 19.7. The van der Waals surface area contributed by atoms with Crippen LogP contribution < -0.4 is 5.32 Å². The Hall–Kier alpha value is -1.60. The number of hydrogen-bond donors (Lipinski definition) is 1. The molecule has 1 aliphatic rings. The van der Waals surface area contributed by atoms with Gasteiger partial charge in [-0.2, -0.15) is 0 Å². The molecule has 1 N–H and O–H groups in total. The minimum Gasteiger partial charge on any atom is -0.339 e. The molecule has 7 heteroatoms. The first-order valence-electron chi connectivity index (χ1n) is 8.42. The summed E-state index contributed by atoms with van der Waals surface area (Å²) >= 11 is 1.65. The first-order chi connectivity index (χ1) is 11.7. The number of amides is 2. The maximum atomic E-state index is 12.9. The van der Waals surface area contributed by atoms with Gasteiger partial charge in [0.05, 0.1) is 12.3 Å². The lowest BCUT2D eigenvalue weighted by Crippen LogP contribution is -2.51. The van der Waals surface area contributed by atoms with Gasteiger partial charge in [-0.15, -0.1) is 11.8 Å². The van der Waals surface area contributed by atoms with Crippen molar-refractivity contribution in [1.29, 1.82) is 0 Å². The number of benzene rings is 1. The van der Waals surface area contributed by atoms with E-state index in [1.807, 2.05) is 9.80 Å². The molecule has 5 nitrogen and oxygen atoms in total. The standard InChI is InChI=1S/C18H26FN3O2S/c1-18(2,3)25-13-17(24)22-10-8-21(9-11-22)12-16(23)20-15-6-4-14(19)5-7-15/h4-7H,8-13H2,1-3H3,(H,20,23). The van der Waals surface area contributed by atoms with Gasteiger partial charge in [-0.05, 0) is 24.3 Å². The lowest BCUT2D eigenvalue weighted by Gasteiger charge is -2.34. The van der Waals surface area contributed by atoms with E-state index >= 15 is 0 Å². The van der Waals surface area contributed by atoms with Crippen LogP contribution in [-0.4, -0.2) is 64.8 Å². The topological polar surface area (TPSA) is 52.7 Å².